The quantitative estimate of drug-likeness (QED) is 0.838. The monoisotopic (exact) mass is 392 g/mol. The van der Waals surface area contributed by atoms with Gasteiger partial charge in [-0.25, -0.2) is 0 Å². The number of likely N-dealkylation sites (tertiary alicyclic amines) is 1. The summed E-state index contributed by atoms with van der Waals surface area (Å²) in [5.41, 5.74) is 0.852. The van der Waals surface area contributed by atoms with E-state index in [1.807, 2.05) is 26.0 Å². The number of nitrogens with zero attached hydrogens (tertiary/aromatic N) is 3. The van der Waals surface area contributed by atoms with Crippen LogP contribution in [0.15, 0.2) is 24.3 Å². The van der Waals surface area contributed by atoms with Crippen LogP contribution in [0.2, 0.25) is 5.02 Å². The molecular weight excluding hydrogens is 372 g/mol. The highest BCUT2D eigenvalue weighted by Crippen LogP contribution is 2.29. The average molecular weight is 393 g/mol. The Hall–Kier alpha value is -1.99. The Labute approximate surface area is 161 Å². The normalized spacial score (nSPS) is 16.9. The number of halogens is 1. The van der Waals surface area contributed by atoms with Crippen LogP contribution in [0.3, 0.4) is 0 Å². The topological polar surface area (TPSA) is 75.2 Å². The van der Waals surface area contributed by atoms with E-state index in [1.54, 1.807) is 17.0 Å². The second-order valence-corrected chi connectivity index (χ2v) is 8.17. The first-order chi connectivity index (χ1) is 12.4. The lowest BCUT2D eigenvalue weighted by molar-refractivity contribution is -0.137. The molecular formula is C18H21ClN4O2S. The Bertz CT molecular complexity index is 808. The lowest BCUT2D eigenvalue weighted by atomic mass is 10.1. The number of hydrogen-bond acceptors (Lipinski definition) is 5. The second-order valence-electron chi connectivity index (χ2n) is 6.76. The van der Waals surface area contributed by atoms with Crippen molar-refractivity contribution in [3.8, 4) is 10.6 Å². The van der Waals surface area contributed by atoms with Gasteiger partial charge in [0.1, 0.15) is 11.0 Å². The average Bonchev–Trinajstić information content (AvgIpc) is 3.23. The summed E-state index contributed by atoms with van der Waals surface area (Å²) in [6.07, 6.45) is 1.98. The van der Waals surface area contributed by atoms with Crippen LogP contribution in [-0.4, -0.2) is 39.5 Å². The van der Waals surface area contributed by atoms with Crippen molar-refractivity contribution in [2.45, 2.75) is 39.2 Å². The van der Waals surface area contributed by atoms with E-state index < -0.39 is 6.04 Å². The smallest absolute Gasteiger partial charge is 0.249 e. The van der Waals surface area contributed by atoms with Gasteiger partial charge in [0.05, 0.1) is 0 Å². The van der Waals surface area contributed by atoms with E-state index in [4.69, 9.17) is 11.6 Å². The third-order valence-electron chi connectivity index (χ3n) is 4.19. The number of anilines is 1. The third kappa shape index (κ3) is 4.40. The molecule has 0 spiro atoms. The molecule has 138 valence electrons. The summed E-state index contributed by atoms with van der Waals surface area (Å²) in [6, 6.07) is 6.89. The number of carbonyl (C=O) groups excluding carboxylic acids is 2. The van der Waals surface area contributed by atoms with Crippen molar-refractivity contribution in [2.24, 2.45) is 5.92 Å². The minimum absolute atomic E-state index is 0.0366. The molecule has 2 amide bonds. The molecule has 1 N–H and O–H groups in total. The van der Waals surface area contributed by atoms with E-state index in [0.717, 1.165) is 12.0 Å². The van der Waals surface area contributed by atoms with Gasteiger partial charge < -0.3 is 4.90 Å². The van der Waals surface area contributed by atoms with Crippen molar-refractivity contribution < 1.29 is 9.59 Å². The van der Waals surface area contributed by atoms with E-state index in [9.17, 15) is 9.59 Å². The van der Waals surface area contributed by atoms with E-state index >= 15 is 0 Å². The minimum atomic E-state index is -0.431. The maximum atomic E-state index is 12.6. The highest BCUT2D eigenvalue weighted by atomic mass is 35.5. The molecule has 0 aliphatic carbocycles. The standard InChI is InChI=1S/C18H21ClN4O2S/c1-11(2)9-15(24)23-8-4-7-14(23)16(25)20-18-22-21-17(26-18)12-5-3-6-13(19)10-12/h3,5-6,10-11,14H,4,7-9H2,1-2H3,(H,20,22,25). The molecule has 1 atom stereocenters. The molecule has 1 saturated heterocycles. The second kappa shape index (κ2) is 8.14. The molecule has 1 aliphatic heterocycles. The molecule has 1 aromatic heterocycles. The fourth-order valence-electron chi connectivity index (χ4n) is 3.00. The van der Waals surface area contributed by atoms with Gasteiger partial charge in [0.15, 0.2) is 0 Å². The van der Waals surface area contributed by atoms with Crippen LogP contribution in [-0.2, 0) is 9.59 Å². The maximum absolute atomic E-state index is 12.6. The van der Waals surface area contributed by atoms with Crippen LogP contribution in [0.4, 0.5) is 5.13 Å². The summed E-state index contributed by atoms with van der Waals surface area (Å²) in [5.74, 6) is 0.109. The Morgan fingerprint density at radius 3 is 2.92 bits per heavy atom. The molecule has 0 radical (unpaired) electrons. The summed E-state index contributed by atoms with van der Waals surface area (Å²) in [7, 11) is 0. The van der Waals surface area contributed by atoms with Crippen LogP contribution < -0.4 is 5.32 Å². The van der Waals surface area contributed by atoms with Gasteiger partial charge in [-0.2, -0.15) is 0 Å². The minimum Gasteiger partial charge on any atom is -0.331 e. The molecule has 2 aromatic rings. The summed E-state index contributed by atoms with van der Waals surface area (Å²) in [4.78, 5) is 26.7. The van der Waals surface area contributed by atoms with Gasteiger partial charge in [0, 0.05) is 23.6 Å². The van der Waals surface area contributed by atoms with Crippen molar-refractivity contribution in [2.75, 3.05) is 11.9 Å². The zero-order valence-electron chi connectivity index (χ0n) is 14.7. The molecule has 3 rings (SSSR count). The van der Waals surface area contributed by atoms with Crippen molar-refractivity contribution in [1.82, 2.24) is 15.1 Å². The van der Waals surface area contributed by atoms with Crippen LogP contribution in [0, 0.1) is 5.92 Å². The number of nitrogens with one attached hydrogen (secondary N) is 1. The maximum Gasteiger partial charge on any atom is 0.249 e. The number of amides is 2. The van der Waals surface area contributed by atoms with Gasteiger partial charge in [-0.15, -0.1) is 10.2 Å². The van der Waals surface area contributed by atoms with Gasteiger partial charge in [0.25, 0.3) is 0 Å². The van der Waals surface area contributed by atoms with Crippen molar-refractivity contribution >= 4 is 39.9 Å². The molecule has 1 aromatic carbocycles. The first-order valence-electron chi connectivity index (χ1n) is 8.64. The van der Waals surface area contributed by atoms with Crippen LogP contribution in [0.1, 0.15) is 33.1 Å². The lowest BCUT2D eigenvalue weighted by Gasteiger charge is -2.24. The Balaban J connectivity index is 1.67. The van der Waals surface area contributed by atoms with E-state index in [0.29, 0.717) is 34.5 Å². The molecule has 1 fully saturated rings. The predicted octanol–water partition coefficient (Wildman–Crippen LogP) is 3.83. The highest BCUT2D eigenvalue weighted by Gasteiger charge is 2.34. The molecule has 6 nitrogen and oxygen atoms in total. The first-order valence-corrected chi connectivity index (χ1v) is 9.83. The van der Waals surface area contributed by atoms with E-state index in [2.05, 4.69) is 15.5 Å². The van der Waals surface area contributed by atoms with E-state index in [1.165, 1.54) is 11.3 Å². The molecule has 8 heteroatoms. The number of hydrogen-bond donors (Lipinski definition) is 1. The lowest BCUT2D eigenvalue weighted by Crippen LogP contribution is -2.43. The number of carbonyl (C=O) groups is 2. The van der Waals surface area contributed by atoms with Gasteiger partial charge in [-0.1, -0.05) is 48.9 Å². The Morgan fingerprint density at radius 1 is 1.38 bits per heavy atom. The Morgan fingerprint density at radius 2 is 2.19 bits per heavy atom. The largest absolute Gasteiger partial charge is 0.331 e. The zero-order valence-corrected chi connectivity index (χ0v) is 16.3. The third-order valence-corrected chi connectivity index (χ3v) is 5.31. The molecule has 0 saturated carbocycles. The fraction of sp³-hybridized carbons (Fsp3) is 0.444. The van der Waals surface area contributed by atoms with Crippen LogP contribution in [0.5, 0.6) is 0 Å². The summed E-state index contributed by atoms with van der Waals surface area (Å²) in [6.45, 7) is 4.64. The van der Waals surface area contributed by atoms with Crippen LogP contribution in [0.25, 0.3) is 10.6 Å². The summed E-state index contributed by atoms with van der Waals surface area (Å²) in [5, 5.41) is 12.7. The number of rotatable bonds is 5. The van der Waals surface area contributed by atoms with Crippen molar-refractivity contribution in [3.05, 3.63) is 29.3 Å². The van der Waals surface area contributed by atoms with Crippen molar-refractivity contribution in [1.29, 1.82) is 0 Å². The van der Waals surface area contributed by atoms with Gasteiger partial charge in [-0.05, 0) is 30.9 Å². The SMILES string of the molecule is CC(C)CC(=O)N1CCCC1C(=O)Nc1nnc(-c2cccc(Cl)c2)s1. The van der Waals surface area contributed by atoms with Gasteiger partial charge in [-0.3, -0.25) is 14.9 Å². The molecule has 26 heavy (non-hydrogen) atoms. The molecule has 1 unspecified atom stereocenters. The van der Waals surface area contributed by atoms with E-state index in [-0.39, 0.29) is 17.7 Å². The van der Waals surface area contributed by atoms with Gasteiger partial charge in [0.2, 0.25) is 16.9 Å². The molecule has 2 heterocycles. The fourth-order valence-corrected chi connectivity index (χ4v) is 3.94. The number of aromatic nitrogens is 2. The summed E-state index contributed by atoms with van der Waals surface area (Å²) < 4.78 is 0. The first kappa shape index (κ1) is 18.8. The molecule has 1 aliphatic rings. The highest BCUT2D eigenvalue weighted by molar-refractivity contribution is 7.18. The summed E-state index contributed by atoms with van der Waals surface area (Å²) >= 11 is 7.29. The van der Waals surface area contributed by atoms with Gasteiger partial charge >= 0.3 is 0 Å². The predicted molar refractivity (Wildman–Crippen MR) is 103 cm³/mol. The Kier molecular flexibility index (Phi) is 5.88. The van der Waals surface area contributed by atoms with Crippen molar-refractivity contribution in [3.63, 3.8) is 0 Å². The molecule has 0 bridgehead atoms. The zero-order chi connectivity index (χ0) is 18.7. The number of benzene rings is 1. The van der Waals surface area contributed by atoms with Crippen LogP contribution >= 0.6 is 22.9 Å².